The smallest absolute Gasteiger partial charge is 0.246 e. The maximum Gasteiger partial charge on any atom is 0.246 e. The van der Waals surface area contributed by atoms with Crippen molar-refractivity contribution in [2.75, 3.05) is 44.3 Å². The lowest BCUT2D eigenvalue weighted by atomic mass is 9.49. The Morgan fingerprint density at radius 3 is 2.26 bits per heavy atom. The van der Waals surface area contributed by atoms with Crippen LogP contribution in [0.25, 0.3) is 6.08 Å². The van der Waals surface area contributed by atoms with Gasteiger partial charge in [-0.25, -0.2) is 5.43 Å². The monoisotopic (exact) mass is 516 g/mol. The number of nitrogens with one attached hydrogen (secondary N) is 1. The molecule has 4 saturated carbocycles. The number of anilines is 1. The van der Waals surface area contributed by atoms with E-state index >= 15 is 0 Å². The van der Waals surface area contributed by atoms with Crippen molar-refractivity contribution < 1.29 is 9.53 Å². The molecule has 1 heterocycles. The first kappa shape index (κ1) is 25.7. The molecule has 0 atom stereocenters. The number of morpholine rings is 1. The lowest BCUT2D eigenvalue weighted by molar-refractivity contribution is -0.146. The first-order chi connectivity index (χ1) is 18.6. The van der Waals surface area contributed by atoms with E-state index in [1.54, 1.807) is 0 Å². The molecule has 1 aliphatic heterocycles. The van der Waals surface area contributed by atoms with E-state index in [1.165, 1.54) is 47.4 Å². The van der Waals surface area contributed by atoms with Crippen LogP contribution in [0, 0.1) is 23.2 Å². The average molecular weight is 517 g/mol. The van der Waals surface area contributed by atoms with Crippen molar-refractivity contribution in [3.63, 3.8) is 0 Å². The van der Waals surface area contributed by atoms with Gasteiger partial charge in [-0.05, 0) is 118 Å². The van der Waals surface area contributed by atoms with Gasteiger partial charge in [0, 0.05) is 37.6 Å². The highest BCUT2D eigenvalue weighted by Gasteiger charge is 2.54. The zero-order chi connectivity index (χ0) is 26.1. The number of allylic oxidation sites excluding steroid dienone is 2. The lowest BCUT2D eigenvalue weighted by Gasteiger charge is -2.55. The summed E-state index contributed by atoms with van der Waals surface area (Å²) in [7, 11) is 0. The van der Waals surface area contributed by atoms with Gasteiger partial charge in [-0.1, -0.05) is 12.1 Å². The fourth-order valence-corrected chi connectivity index (χ4v) is 8.42. The molecule has 1 saturated heterocycles. The van der Waals surface area contributed by atoms with E-state index in [0.29, 0.717) is 0 Å². The van der Waals surface area contributed by atoms with Crippen molar-refractivity contribution >= 4 is 23.9 Å². The highest BCUT2D eigenvalue weighted by atomic mass is 16.5. The third kappa shape index (κ3) is 5.04. The maximum atomic E-state index is 13.4. The number of nitrogens with zero attached hydrogens (tertiary/aromatic N) is 3. The Hall–Kier alpha value is -2.60. The molecule has 0 aromatic heterocycles. The van der Waals surface area contributed by atoms with Crippen LogP contribution in [0.15, 0.2) is 46.2 Å². The van der Waals surface area contributed by atoms with Crippen molar-refractivity contribution in [3.05, 3.63) is 46.7 Å². The molecule has 1 aromatic rings. The van der Waals surface area contributed by atoms with Gasteiger partial charge in [0.25, 0.3) is 0 Å². The number of amides is 1. The first-order valence-corrected chi connectivity index (χ1v) is 15.0. The van der Waals surface area contributed by atoms with Crippen molar-refractivity contribution in [2.24, 2.45) is 28.3 Å². The second-order valence-electron chi connectivity index (χ2n) is 12.3. The van der Waals surface area contributed by atoms with Crippen molar-refractivity contribution in [1.82, 2.24) is 10.3 Å². The summed E-state index contributed by atoms with van der Waals surface area (Å²) in [5.41, 5.74) is 9.22. The van der Waals surface area contributed by atoms with Crippen LogP contribution in [0.5, 0.6) is 0 Å². The van der Waals surface area contributed by atoms with Gasteiger partial charge < -0.3 is 14.5 Å². The van der Waals surface area contributed by atoms with Crippen LogP contribution < -0.4 is 10.3 Å². The number of ether oxygens (including phenoxy) is 1. The summed E-state index contributed by atoms with van der Waals surface area (Å²) in [6.07, 6.45) is 13.5. The van der Waals surface area contributed by atoms with Gasteiger partial charge in [-0.3, -0.25) is 4.79 Å². The van der Waals surface area contributed by atoms with Crippen LogP contribution in [0.1, 0.15) is 70.8 Å². The molecule has 0 unspecified atom stereocenters. The molecule has 1 N–H and O–H groups in total. The standard InChI is InChI=1S/C32H44N4O2/c1-3-35(4-2)29-9-5-23(6-10-29)18-27-7-8-28(30(27)36-11-13-38-14-12-36)22-33-34-31(37)32-19-24-15-25(20-32)17-26(16-24)21-32/h5-6,9-10,18,22,24-26H,3-4,7-8,11-17,19-21H2,1-2H3,(H,34,37)/b27-18-,33-22+. The average Bonchev–Trinajstić information content (AvgIpc) is 3.32. The minimum Gasteiger partial charge on any atom is -0.378 e. The third-order valence-corrected chi connectivity index (χ3v) is 9.87. The fourth-order valence-electron chi connectivity index (χ4n) is 8.42. The van der Waals surface area contributed by atoms with Gasteiger partial charge >= 0.3 is 0 Å². The van der Waals surface area contributed by atoms with Crippen LogP contribution in [0.2, 0.25) is 0 Å². The number of hydrogen-bond acceptors (Lipinski definition) is 5. The Bertz CT molecular complexity index is 1070. The SMILES string of the molecule is CCN(CC)c1ccc(/C=C2/CCC(/C=N/NC(=O)C34CC5CC(CC(C5)C3)C4)=C2N2CCOCC2)cc1. The second-order valence-corrected chi connectivity index (χ2v) is 12.3. The Morgan fingerprint density at radius 2 is 1.66 bits per heavy atom. The molecule has 5 aliphatic carbocycles. The summed E-state index contributed by atoms with van der Waals surface area (Å²) in [5.74, 6) is 2.45. The lowest BCUT2D eigenvalue weighted by Crippen LogP contribution is -2.52. The fraction of sp³-hybridized carbons (Fsp3) is 0.625. The Kier molecular flexibility index (Phi) is 7.35. The summed E-state index contributed by atoms with van der Waals surface area (Å²) >= 11 is 0. The van der Waals surface area contributed by atoms with Crippen molar-refractivity contribution in [3.8, 4) is 0 Å². The summed E-state index contributed by atoms with van der Waals surface area (Å²) < 4.78 is 5.66. The number of hydrogen-bond donors (Lipinski definition) is 1. The van der Waals surface area contributed by atoms with E-state index in [4.69, 9.17) is 4.74 Å². The van der Waals surface area contributed by atoms with Gasteiger partial charge in [0.1, 0.15) is 0 Å². The molecule has 6 heteroatoms. The van der Waals surface area contributed by atoms with Crippen LogP contribution in [0.3, 0.4) is 0 Å². The van der Waals surface area contributed by atoms with E-state index in [0.717, 1.165) is 89.3 Å². The summed E-state index contributed by atoms with van der Waals surface area (Å²) in [5, 5.41) is 4.57. The van der Waals surface area contributed by atoms with Gasteiger partial charge in [0.05, 0.1) is 24.8 Å². The number of hydrazone groups is 1. The largest absolute Gasteiger partial charge is 0.378 e. The number of carbonyl (C=O) groups excluding carboxylic acids is 1. The maximum absolute atomic E-state index is 13.4. The molecule has 6 nitrogen and oxygen atoms in total. The number of benzene rings is 1. The molecule has 4 bridgehead atoms. The Balaban J connectivity index is 1.20. The van der Waals surface area contributed by atoms with Crippen LogP contribution in [-0.2, 0) is 9.53 Å². The second kappa shape index (κ2) is 10.9. The Labute approximate surface area is 228 Å². The van der Waals surface area contributed by atoms with E-state index in [-0.39, 0.29) is 11.3 Å². The zero-order valence-electron chi connectivity index (χ0n) is 23.3. The third-order valence-electron chi connectivity index (χ3n) is 9.87. The molecule has 204 valence electrons. The molecular formula is C32H44N4O2. The number of rotatable bonds is 8. The minimum absolute atomic E-state index is 0.161. The van der Waals surface area contributed by atoms with Crippen LogP contribution in [0.4, 0.5) is 5.69 Å². The van der Waals surface area contributed by atoms with Crippen molar-refractivity contribution in [1.29, 1.82) is 0 Å². The molecule has 5 fully saturated rings. The molecule has 0 radical (unpaired) electrons. The molecule has 38 heavy (non-hydrogen) atoms. The van der Waals surface area contributed by atoms with Crippen molar-refractivity contribution in [2.45, 2.75) is 65.2 Å². The van der Waals surface area contributed by atoms with Crippen LogP contribution in [-0.4, -0.2) is 56.4 Å². The highest BCUT2D eigenvalue weighted by molar-refractivity contribution is 5.87. The van der Waals surface area contributed by atoms with Gasteiger partial charge in [-0.2, -0.15) is 5.10 Å². The van der Waals surface area contributed by atoms with Gasteiger partial charge in [0.15, 0.2) is 0 Å². The summed E-state index contributed by atoms with van der Waals surface area (Å²) in [6.45, 7) is 9.73. The molecule has 7 rings (SSSR count). The van der Waals surface area contributed by atoms with Crippen LogP contribution >= 0.6 is 0 Å². The molecule has 1 amide bonds. The quantitative estimate of drug-likeness (QED) is 0.360. The van der Waals surface area contributed by atoms with E-state index in [1.807, 2.05) is 6.21 Å². The summed E-state index contributed by atoms with van der Waals surface area (Å²) in [6, 6.07) is 8.92. The van der Waals surface area contributed by atoms with E-state index in [2.05, 4.69) is 64.5 Å². The zero-order valence-corrected chi connectivity index (χ0v) is 23.3. The van der Waals surface area contributed by atoms with E-state index < -0.39 is 0 Å². The Morgan fingerprint density at radius 1 is 1.03 bits per heavy atom. The normalized spacial score (nSPS) is 31.6. The molecular weight excluding hydrogens is 472 g/mol. The predicted molar refractivity (Wildman–Crippen MR) is 154 cm³/mol. The first-order valence-electron chi connectivity index (χ1n) is 15.0. The topological polar surface area (TPSA) is 57.2 Å². The minimum atomic E-state index is -0.161. The van der Waals surface area contributed by atoms with Gasteiger partial charge in [0.2, 0.25) is 5.91 Å². The predicted octanol–water partition coefficient (Wildman–Crippen LogP) is 5.61. The molecule has 1 aromatic carbocycles. The van der Waals surface area contributed by atoms with E-state index in [9.17, 15) is 4.79 Å². The number of carbonyl (C=O) groups is 1. The molecule has 6 aliphatic rings. The molecule has 0 spiro atoms. The van der Waals surface area contributed by atoms with Gasteiger partial charge in [-0.15, -0.1) is 0 Å². The summed E-state index contributed by atoms with van der Waals surface area (Å²) in [4.78, 5) is 18.2. The highest BCUT2D eigenvalue weighted by Crippen LogP contribution is 2.60.